The summed E-state index contributed by atoms with van der Waals surface area (Å²) in [5.41, 5.74) is 8.20. The van der Waals surface area contributed by atoms with E-state index in [2.05, 4.69) is 10.3 Å². The summed E-state index contributed by atoms with van der Waals surface area (Å²) in [6.45, 7) is 10.4. The molecule has 3 atom stereocenters. The Bertz CT molecular complexity index is 1370. The number of amides is 1. The summed E-state index contributed by atoms with van der Waals surface area (Å²) in [4.78, 5) is 20.7. The predicted octanol–water partition coefficient (Wildman–Crippen LogP) is 5.70. The van der Waals surface area contributed by atoms with Crippen LogP contribution in [0.4, 0.5) is 9.18 Å². The van der Waals surface area contributed by atoms with Crippen molar-refractivity contribution in [3.8, 4) is 5.75 Å². The molecule has 12 heteroatoms. The number of carbonyl (C=O) groups is 1. The lowest BCUT2D eigenvalue weighted by Crippen LogP contribution is -2.72. The molecule has 222 valence electrons. The molecule has 4 rings (SSSR count). The molecule has 1 aromatic heterocycles. The lowest BCUT2D eigenvalue weighted by Gasteiger charge is -2.50. The number of piperazine rings is 1. The summed E-state index contributed by atoms with van der Waals surface area (Å²) < 4.78 is 32.0. The number of nitrogens with one attached hydrogen (secondary N) is 1. The maximum atomic E-state index is 14.4. The number of halogens is 3. The molecular formula is C29H36Cl2FN5O4. The summed E-state index contributed by atoms with van der Waals surface area (Å²) in [6, 6.07) is 4.20. The van der Waals surface area contributed by atoms with Gasteiger partial charge in [-0.05, 0) is 58.9 Å². The van der Waals surface area contributed by atoms with Gasteiger partial charge in [-0.15, -0.1) is 0 Å². The topological polar surface area (TPSA) is 102 Å². The van der Waals surface area contributed by atoms with Crippen LogP contribution in [0.3, 0.4) is 0 Å². The third-order valence-corrected chi connectivity index (χ3v) is 7.66. The third-order valence-electron chi connectivity index (χ3n) is 6.94. The molecule has 1 fully saturated rings. The Kier molecular flexibility index (Phi) is 9.08. The van der Waals surface area contributed by atoms with E-state index in [9.17, 15) is 9.18 Å². The zero-order valence-electron chi connectivity index (χ0n) is 24.0. The number of hydrogen-bond donors (Lipinski definition) is 2. The molecule has 0 saturated carbocycles. The SMILES string of the molecule is COc1ccncc1C1=CNC(N)(N2CCN(C(=O)OC(C)(C)C)C[C@@H]2C)C(O[C@H](C)c2c(Cl)ccc(F)c2Cl)=C1. The number of rotatable bonds is 6. The largest absolute Gasteiger partial charge is 0.496 e. The van der Waals surface area contributed by atoms with E-state index < -0.39 is 23.3 Å². The van der Waals surface area contributed by atoms with Gasteiger partial charge in [0.25, 0.3) is 0 Å². The number of allylic oxidation sites excluding steroid dienone is 2. The van der Waals surface area contributed by atoms with Crippen LogP contribution in [0.25, 0.3) is 5.57 Å². The van der Waals surface area contributed by atoms with Gasteiger partial charge in [-0.3, -0.25) is 15.6 Å². The van der Waals surface area contributed by atoms with Crippen molar-refractivity contribution in [1.82, 2.24) is 20.1 Å². The number of hydrogen-bond acceptors (Lipinski definition) is 8. The van der Waals surface area contributed by atoms with Crippen LogP contribution < -0.4 is 15.8 Å². The first-order chi connectivity index (χ1) is 19.2. The lowest BCUT2D eigenvalue weighted by atomic mass is 9.99. The van der Waals surface area contributed by atoms with Crippen LogP contribution in [0.5, 0.6) is 5.75 Å². The summed E-state index contributed by atoms with van der Waals surface area (Å²) in [5.74, 6) is -0.998. The smallest absolute Gasteiger partial charge is 0.410 e. The average Bonchev–Trinajstić information content (AvgIpc) is 2.91. The van der Waals surface area contributed by atoms with Crippen LogP contribution in [0.1, 0.15) is 51.8 Å². The maximum absolute atomic E-state index is 14.4. The molecule has 0 spiro atoms. The molecule has 2 aromatic rings. The summed E-state index contributed by atoms with van der Waals surface area (Å²) >= 11 is 12.7. The molecule has 1 aromatic carbocycles. The Labute approximate surface area is 250 Å². The van der Waals surface area contributed by atoms with E-state index in [1.165, 1.54) is 12.1 Å². The minimum atomic E-state index is -1.33. The van der Waals surface area contributed by atoms with Crippen LogP contribution in [-0.4, -0.2) is 65.1 Å². The predicted molar refractivity (Wildman–Crippen MR) is 157 cm³/mol. The van der Waals surface area contributed by atoms with Crippen molar-refractivity contribution in [3.05, 3.63) is 75.6 Å². The molecule has 0 bridgehead atoms. The first-order valence-electron chi connectivity index (χ1n) is 13.3. The van der Waals surface area contributed by atoms with Crippen molar-refractivity contribution >= 4 is 34.9 Å². The van der Waals surface area contributed by atoms with Crippen molar-refractivity contribution in [2.45, 2.75) is 58.2 Å². The Morgan fingerprint density at radius 1 is 1.27 bits per heavy atom. The molecular weight excluding hydrogens is 572 g/mol. The van der Waals surface area contributed by atoms with E-state index in [1.54, 1.807) is 49.7 Å². The van der Waals surface area contributed by atoms with Gasteiger partial charge in [0.2, 0.25) is 5.79 Å². The van der Waals surface area contributed by atoms with E-state index in [0.29, 0.717) is 47.8 Å². The van der Waals surface area contributed by atoms with Crippen LogP contribution in [-0.2, 0) is 9.47 Å². The van der Waals surface area contributed by atoms with Crippen LogP contribution in [0, 0.1) is 5.82 Å². The first-order valence-corrected chi connectivity index (χ1v) is 14.0. The minimum Gasteiger partial charge on any atom is -0.496 e. The zero-order valence-corrected chi connectivity index (χ0v) is 25.5. The number of pyridine rings is 1. The zero-order chi connectivity index (χ0) is 30.1. The monoisotopic (exact) mass is 607 g/mol. The van der Waals surface area contributed by atoms with Crippen molar-refractivity contribution in [1.29, 1.82) is 0 Å². The highest BCUT2D eigenvalue weighted by Crippen LogP contribution is 2.39. The molecule has 2 aliphatic rings. The second-order valence-electron chi connectivity index (χ2n) is 11.1. The van der Waals surface area contributed by atoms with Crippen molar-refractivity contribution < 1.29 is 23.4 Å². The van der Waals surface area contributed by atoms with Gasteiger partial charge in [0, 0.05) is 66.0 Å². The number of carbonyl (C=O) groups excluding carboxylic acids is 1. The number of nitrogens with zero attached hydrogens (tertiary/aromatic N) is 3. The molecule has 1 saturated heterocycles. The second kappa shape index (κ2) is 12.1. The van der Waals surface area contributed by atoms with E-state index in [0.717, 1.165) is 0 Å². The number of aromatic nitrogens is 1. The third kappa shape index (κ3) is 6.56. The summed E-state index contributed by atoms with van der Waals surface area (Å²) in [6.07, 6.45) is 5.72. The Hall–Kier alpha value is -3.05. The van der Waals surface area contributed by atoms with Gasteiger partial charge in [-0.25, -0.2) is 9.18 Å². The lowest BCUT2D eigenvalue weighted by molar-refractivity contribution is -0.0467. The van der Waals surface area contributed by atoms with Crippen LogP contribution in [0.2, 0.25) is 10.0 Å². The highest BCUT2D eigenvalue weighted by atomic mass is 35.5. The normalized spacial score (nSPS) is 22.3. The van der Waals surface area contributed by atoms with E-state index >= 15 is 0 Å². The molecule has 3 heterocycles. The van der Waals surface area contributed by atoms with Crippen LogP contribution in [0.15, 0.2) is 48.6 Å². The highest BCUT2D eigenvalue weighted by molar-refractivity contribution is 6.36. The number of nitrogens with two attached hydrogens (primary N) is 1. The summed E-state index contributed by atoms with van der Waals surface area (Å²) in [5, 5.41) is 3.46. The van der Waals surface area contributed by atoms with Gasteiger partial charge in [-0.1, -0.05) is 23.2 Å². The molecule has 1 amide bonds. The van der Waals surface area contributed by atoms with E-state index in [-0.39, 0.29) is 22.2 Å². The van der Waals surface area contributed by atoms with Gasteiger partial charge >= 0.3 is 6.09 Å². The maximum Gasteiger partial charge on any atom is 0.410 e. The van der Waals surface area contributed by atoms with Crippen molar-refractivity contribution in [2.24, 2.45) is 5.73 Å². The number of ether oxygens (including phenoxy) is 3. The average molecular weight is 609 g/mol. The van der Waals surface area contributed by atoms with Gasteiger partial charge in [0.15, 0.2) is 5.76 Å². The molecule has 41 heavy (non-hydrogen) atoms. The van der Waals surface area contributed by atoms with Gasteiger partial charge < -0.3 is 24.4 Å². The number of methoxy groups -OCH3 is 1. The fraction of sp³-hybridized carbons (Fsp3) is 0.448. The molecule has 0 aliphatic carbocycles. The van der Waals surface area contributed by atoms with Crippen molar-refractivity contribution in [2.75, 3.05) is 26.7 Å². The molecule has 1 unspecified atom stereocenters. The standard InChI is InChI=1S/C29H36Cl2FN5O4/c1-17-16-36(27(38)41-28(3,4)5)11-12-37(17)29(33)24(40-18(2)25-21(30)7-8-22(32)26(25)31)13-19(14-35-29)20-15-34-10-9-23(20)39-6/h7-10,13-15,17-18,35H,11-12,16,33H2,1-6H3/t17-,18+,29?/m0/s1. The minimum absolute atomic E-state index is 0.124. The van der Waals surface area contributed by atoms with Gasteiger partial charge in [0.1, 0.15) is 23.3 Å². The Balaban J connectivity index is 1.69. The van der Waals surface area contributed by atoms with Gasteiger partial charge in [-0.2, -0.15) is 0 Å². The second-order valence-corrected chi connectivity index (χ2v) is 11.9. The quantitative estimate of drug-likeness (QED) is 0.403. The molecule has 2 aliphatic heterocycles. The fourth-order valence-electron chi connectivity index (χ4n) is 4.97. The summed E-state index contributed by atoms with van der Waals surface area (Å²) in [7, 11) is 1.58. The Morgan fingerprint density at radius 3 is 2.66 bits per heavy atom. The van der Waals surface area contributed by atoms with E-state index in [4.69, 9.17) is 43.1 Å². The number of dihydropyridines is 1. The van der Waals surface area contributed by atoms with Crippen LogP contribution >= 0.6 is 23.2 Å². The molecule has 9 nitrogen and oxygen atoms in total. The van der Waals surface area contributed by atoms with Gasteiger partial charge in [0.05, 0.1) is 12.1 Å². The van der Waals surface area contributed by atoms with E-state index in [1.807, 2.05) is 32.6 Å². The highest BCUT2D eigenvalue weighted by Gasteiger charge is 2.46. The van der Waals surface area contributed by atoms with Crippen molar-refractivity contribution in [3.63, 3.8) is 0 Å². The Morgan fingerprint density at radius 2 is 2.00 bits per heavy atom. The number of benzene rings is 1. The molecule has 0 radical (unpaired) electrons. The fourth-order valence-corrected chi connectivity index (χ4v) is 5.65. The molecule has 3 N–H and O–H groups in total. The first kappa shape index (κ1) is 30.9.